The second-order valence-electron chi connectivity index (χ2n) is 5.40. The first kappa shape index (κ1) is 17.8. The van der Waals surface area contributed by atoms with E-state index in [4.69, 9.17) is 11.6 Å². The van der Waals surface area contributed by atoms with Crippen LogP contribution in [0, 0.1) is 11.6 Å². The van der Waals surface area contributed by atoms with Gasteiger partial charge in [-0.2, -0.15) is 0 Å². The van der Waals surface area contributed by atoms with E-state index in [1.165, 1.54) is 18.2 Å². The van der Waals surface area contributed by atoms with Crippen molar-refractivity contribution in [1.82, 2.24) is 10.2 Å². The molecule has 0 aliphatic carbocycles. The zero-order valence-corrected chi connectivity index (χ0v) is 14.1. The Morgan fingerprint density at radius 3 is 2.31 bits per heavy atom. The van der Waals surface area contributed by atoms with Crippen molar-refractivity contribution in [3.8, 4) is 0 Å². The molecule has 132 valence electrons. The highest BCUT2D eigenvalue weighted by atomic mass is 35.5. The first-order chi connectivity index (χ1) is 12.5. The molecule has 1 heterocycles. The largest absolute Gasteiger partial charge is 0.336 e. The molecule has 0 aliphatic rings. The van der Waals surface area contributed by atoms with Gasteiger partial charge >= 0.3 is 0 Å². The van der Waals surface area contributed by atoms with Gasteiger partial charge in [0, 0.05) is 11.1 Å². The number of nitrogens with zero attached hydrogens (tertiary/aromatic N) is 2. The molecule has 0 aliphatic heterocycles. The van der Waals surface area contributed by atoms with Crippen LogP contribution in [-0.4, -0.2) is 16.1 Å². The summed E-state index contributed by atoms with van der Waals surface area (Å²) in [6.07, 6.45) is 0.166. The molecule has 0 spiro atoms. The van der Waals surface area contributed by atoms with Gasteiger partial charge in [-0.25, -0.2) is 8.78 Å². The van der Waals surface area contributed by atoms with Crippen molar-refractivity contribution in [3.05, 3.63) is 76.8 Å². The summed E-state index contributed by atoms with van der Waals surface area (Å²) in [6, 6.07) is 13.1. The minimum Gasteiger partial charge on any atom is -0.336 e. The minimum atomic E-state index is -0.743. The normalized spacial score (nSPS) is 10.4. The zero-order chi connectivity index (χ0) is 18.5. The second-order valence-corrected chi connectivity index (χ2v) is 5.84. The number of aromatic nitrogens is 2. The lowest BCUT2D eigenvalue weighted by atomic mass is 10.1. The number of hydrogen-bond acceptors (Lipinski definition) is 4. The summed E-state index contributed by atoms with van der Waals surface area (Å²) in [4.78, 5) is 12.0. The summed E-state index contributed by atoms with van der Waals surface area (Å²) < 4.78 is 26.5. The zero-order valence-electron chi connectivity index (χ0n) is 13.3. The molecule has 3 rings (SSSR count). The van der Waals surface area contributed by atoms with E-state index < -0.39 is 11.6 Å². The molecule has 8 heteroatoms. The highest BCUT2D eigenvalue weighted by Gasteiger charge is 2.08. The van der Waals surface area contributed by atoms with E-state index >= 15 is 0 Å². The van der Waals surface area contributed by atoms with Crippen LogP contribution in [0.4, 0.5) is 26.1 Å². The summed E-state index contributed by atoms with van der Waals surface area (Å²) in [5.74, 6) is -1.16. The van der Waals surface area contributed by atoms with Gasteiger partial charge in [0.25, 0.3) is 0 Å². The maximum atomic E-state index is 13.6. The van der Waals surface area contributed by atoms with E-state index in [1.54, 1.807) is 24.3 Å². The van der Waals surface area contributed by atoms with Crippen LogP contribution in [0.2, 0.25) is 5.02 Å². The number of benzene rings is 2. The standard InChI is InChI=1S/C18H13ClF2N4O/c19-12-3-1-11(2-4-12)9-18(26)23-17-8-7-16(24-25-17)22-15-6-5-13(20)10-14(15)21/h1-8,10H,9H2,(H,22,24)(H,23,25,26). The minimum absolute atomic E-state index is 0.0697. The average molecular weight is 375 g/mol. The SMILES string of the molecule is O=C(Cc1ccc(Cl)cc1)Nc1ccc(Nc2ccc(F)cc2F)nn1. The molecular formula is C18H13ClF2N4O. The average Bonchev–Trinajstić information content (AvgIpc) is 2.61. The van der Waals surface area contributed by atoms with Crippen LogP contribution >= 0.6 is 11.6 Å². The Hall–Kier alpha value is -3.06. The molecule has 2 aromatic carbocycles. The van der Waals surface area contributed by atoms with Crippen LogP contribution in [-0.2, 0) is 11.2 Å². The highest BCUT2D eigenvalue weighted by molar-refractivity contribution is 6.30. The molecule has 0 radical (unpaired) electrons. The van der Waals surface area contributed by atoms with Gasteiger partial charge < -0.3 is 10.6 Å². The molecule has 0 saturated carbocycles. The number of carbonyl (C=O) groups excluding carboxylic acids is 1. The quantitative estimate of drug-likeness (QED) is 0.697. The third-order valence-corrected chi connectivity index (χ3v) is 3.66. The van der Waals surface area contributed by atoms with Crippen LogP contribution in [0.5, 0.6) is 0 Å². The Morgan fingerprint density at radius 2 is 1.65 bits per heavy atom. The van der Waals surface area contributed by atoms with Gasteiger partial charge in [0.05, 0.1) is 12.1 Å². The van der Waals surface area contributed by atoms with E-state index in [1.807, 2.05) is 0 Å². The molecular weight excluding hydrogens is 362 g/mol. The van der Waals surface area contributed by atoms with Crippen molar-refractivity contribution < 1.29 is 13.6 Å². The van der Waals surface area contributed by atoms with Crippen molar-refractivity contribution in [2.75, 3.05) is 10.6 Å². The van der Waals surface area contributed by atoms with Gasteiger partial charge in [0.2, 0.25) is 5.91 Å². The van der Waals surface area contributed by atoms with Crippen molar-refractivity contribution in [1.29, 1.82) is 0 Å². The molecule has 5 nitrogen and oxygen atoms in total. The molecule has 3 aromatic rings. The van der Waals surface area contributed by atoms with Gasteiger partial charge in [0.15, 0.2) is 11.6 Å². The highest BCUT2D eigenvalue weighted by Crippen LogP contribution is 2.19. The molecule has 0 unspecified atom stereocenters. The molecule has 26 heavy (non-hydrogen) atoms. The lowest BCUT2D eigenvalue weighted by Gasteiger charge is -2.08. The monoisotopic (exact) mass is 374 g/mol. The maximum absolute atomic E-state index is 13.6. The third-order valence-electron chi connectivity index (χ3n) is 3.40. The van der Waals surface area contributed by atoms with Crippen LogP contribution < -0.4 is 10.6 Å². The number of nitrogens with one attached hydrogen (secondary N) is 2. The van der Waals surface area contributed by atoms with Crippen LogP contribution in [0.25, 0.3) is 0 Å². The lowest BCUT2D eigenvalue weighted by Crippen LogP contribution is -2.15. The van der Waals surface area contributed by atoms with Gasteiger partial charge in [-0.05, 0) is 42.0 Å². The van der Waals surface area contributed by atoms with E-state index in [-0.39, 0.29) is 29.7 Å². The third kappa shape index (κ3) is 4.73. The lowest BCUT2D eigenvalue weighted by molar-refractivity contribution is -0.115. The van der Waals surface area contributed by atoms with E-state index in [9.17, 15) is 13.6 Å². The summed E-state index contributed by atoms with van der Waals surface area (Å²) in [5, 5.41) is 13.6. The smallest absolute Gasteiger partial charge is 0.229 e. The summed E-state index contributed by atoms with van der Waals surface area (Å²) in [6.45, 7) is 0. The van der Waals surface area contributed by atoms with Gasteiger partial charge in [0.1, 0.15) is 11.6 Å². The Balaban J connectivity index is 1.60. The van der Waals surface area contributed by atoms with Gasteiger partial charge in [-0.1, -0.05) is 23.7 Å². The van der Waals surface area contributed by atoms with E-state index in [0.717, 1.165) is 17.7 Å². The van der Waals surface area contributed by atoms with E-state index in [2.05, 4.69) is 20.8 Å². The van der Waals surface area contributed by atoms with Crippen molar-refractivity contribution in [3.63, 3.8) is 0 Å². The summed E-state index contributed by atoms with van der Waals surface area (Å²) in [5.41, 5.74) is 0.880. The molecule has 0 fully saturated rings. The predicted octanol–water partition coefficient (Wildman–Crippen LogP) is 4.33. The van der Waals surface area contributed by atoms with Crippen LogP contribution in [0.3, 0.4) is 0 Å². The number of carbonyl (C=O) groups is 1. The van der Waals surface area contributed by atoms with Crippen LogP contribution in [0.15, 0.2) is 54.6 Å². The van der Waals surface area contributed by atoms with E-state index in [0.29, 0.717) is 5.02 Å². The first-order valence-electron chi connectivity index (χ1n) is 7.60. The topological polar surface area (TPSA) is 66.9 Å². The molecule has 2 N–H and O–H groups in total. The Bertz CT molecular complexity index is 917. The number of hydrogen-bond donors (Lipinski definition) is 2. The van der Waals surface area contributed by atoms with Crippen molar-refractivity contribution in [2.24, 2.45) is 0 Å². The number of rotatable bonds is 5. The molecule has 0 atom stereocenters. The van der Waals surface area contributed by atoms with Crippen LogP contribution in [0.1, 0.15) is 5.56 Å². The summed E-state index contributed by atoms with van der Waals surface area (Å²) in [7, 11) is 0. The maximum Gasteiger partial charge on any atom is 0.229 e. The number of anilines is 3. The Labute approximate surface area is 153 Å². The predicted molar refractivity (Wildman–Crippen MR) is 95.5 cm³/mol. The molecule has 1 aromatic heterocycles. The van der Waals surface area contributed by atoms with Gasteiger partial charge in [-0.15, -0.1) is 10.2 Å². The number of halogens is 3. The fraction of sp³-hybridized carbons (Fsp3) is 0.0556. The Kier molecular flexibility index (Phi) is 5.38. The Morgan fingerprint density at radius 1 is 0.962 bits per heavy atom. The molecule has 1 amide bonds. The second kappa shape index (κ2) is 7.88. The van der Waals surface area contributed by atoms with Crippen molar-refractivity contribution in [2.45, 2.75) is 6.42 Å². The fourth-order valence-electron chi connectivity index (χ4n) is 2.17. The summed E-state index contributed by atoms with van der Waals surface area (Å²) >= 11 is 5.80. The molecule has 0 saturated heterocycles. The fourth-order valence-corrected chi connectivity index (χ4v) is 2.30. The first-order valence-corrected chi connectivity index (χ1v) is 7.97. The number of amides is 1. The molecule has 0 bridgehead atoms. The van der Waals surface area contributed by atoms with Gasteiger partial charge in [-0.3, -0.25) is 4.79 Å². The van der Waals surface area contributed by atoms with Crippen molar-refractivity contribution >= 4 is 34.8 Å².